The standard InChI is InChI=1S/C17H15BrClN5O2S/c1-26-14-7-6-10(19)8-13(14)21-15(25)9-27-17-23-22-16(24(17)20)11-4-2-3-5-12(11)18/h2-8H,9,20H2,1H3,(H,21,25). The molecule has 0 bridgehead atoms. The molecule has 3 rings (SSSR count). The maximum Gasteiger partial charge on any atom is 0.234 e. The lowest BCUT2D eigenvalue weighted by Crippen LogP contribution is -2.17. The van der Waals surface area contributed by atoms with Crippen LogP contribution in [0.3, 0.4) is 0 Å². The molecular weight excluding hydrogens is 454 g/mol. The van der Waals surface area contributed by atoms with Crippen molar-refractivity contribution in [3.8, 4) is 17.1 Å². The van der Waals surface area contributed by atoms with Gasteiger partial charge in [0.25, 0.3) is 0 Å². The summed E-state index contributed by atoms with van der Waals surface area (Å²) in [7, 11) is 1.52. The van der Waals surface area contributed by atoms with E-state index in [0.717, 1.165) is 10.0 Å². The van der Waals surface area contributed by atoms with Crippen LogP contribution in [-0.4, -0.2) is 33.6 Å². The van der Waals surface area contributed by atoms with Crippen molar-refractivity contribution in [3.05, 3.63) is 52.0 Å². The lowest BCUT2D eigenvalue weighted by molar-refractivity contribution is -0.113. The molecule has 27 heavy (non-hydrogen) atoms. The van der Waals surface area contributed by atoms with Crippen molar-refractivity contribution >= 4 is 50.9 Å². The van der Waals surface area contributed by atoms with Gasteiger partial charge in [-0.3, -0.25) is 4.79 Å². The maximum absolute atomic E-state index is 12.3. The second-order valence-corrected chi connectivity index (χ2v) is 7.57. The molecule has 1 heterocycles. The van der Waals surface area contributed by atoms with Gasteiger partial charge >= 0.3 is 0 Å². The average Bonchev–Trinajstić information content (AvgIpc) is 3.01. The summed E-state index contributed by atoms with van der Waals surface area (Å²) in [5, 5.41) is 11.9. The highest BCUT2D eigenvalue weighted by molar-refractivity contribution is 9.10. The van der Waals surface area contributed by atoms with Gasteiger partial charge in [0, 0.05) is 15.1 Å². The number of methoxy groups -OCH3 is 1. The first-order valence-corrected chi connectivity index (χ1v) is 9.87. The fourth-order valence-corrected chi connectivity index (χ4v) is 3.59. The van der Waals surface area contributed by atoms with E-state index in [1.807, 2.05) is 24.3 Å². The SMILES string of the molecule is COc1ccc(Cl)cc1NC(=O)CSc1nnc(-c2ccccc2Br)n1N. The molecule has 10 heteroatoms. The highest BCUT2D eigenvalue weighted by Gasteiger charge is 2.16. The van der Waals surface area contributed by atoms with E-state index in [9.17, 15) is 4.79 Å². The number of halogens is 2. The largest absolute Gasteiger partial charge is 0.495 e. The number of nitrogens with zero attached hydrogens (tertiary/aromatic N) is 3. The summed E-state index contributed by atoms with van der Waals surface area (Å²) in [6.45, 7) is 0. The number of hydrogen-bond acceptors (Lipinski definition) is 6. The minimum absolute atomic E-state index is 0.0982. The molecule has 0 aliphatic carbocycles. The first-order chi connectivity index (χ1) is 13.0. The maximum atomic E-state index is 12.3. The van der Waals surface area contributed by atoms with E-state index in [2.05, 4.69) is 31.4 Å². The Morgan fingerprint density at radius 3 is 2.85 bits per heavy atom. The van der Waals surface area contributed by atoms with E-state index < -0.39 is 0 Å². The number of nitrogen functional groups attached to an aromatic ring is 1. The van der Waals surface area contributed by atoms with E-state index in [0.29, 0.717) is 27.4 Å². The van der Waals surface area contributed by atoms with E-state index in [-0.39, 0.29) is 11.7 Å². The fourth-order valence-electron chi connectivity index (χ4n) is 2.30. The molecule has 0 radical (unpaired) electrons. The van der Waals surface area contributed by atoms with E-state index in [1.54, 1.807) is 18.2 Å². The van der Waals surface area contributed by atoms with Crippen LogP contribution >= 0.6 is 39.3 Å². The van der Waals surface area contributed by atoms with Crippen molar-refractivity contribution in [2.45, 2.75) is 5.16 Å². The van der Waals surface area contributed by atoms with E-state index in [1.165, 1.54) is 23.5 Å². The Hall–Kier alpha value is -2.23. The third-order valence-corrected chi connectivity index (χ3v) is 5.42. The monoisotopic (exact) mass is 467 g/mol. The van der Waals surface area contributed by atoms with Crippen LogP contribution in [0.2, 0.25) is 5.02 Å². The minimum atomic E-state index is -0.244. The van der Waals surface area contributed by atoms with Crippen LogP contribution in [0.1, 0.15) is 0 Å². The molecule has 140 valence electrons. The van der Waals surface area contributed by atoms with Crippen LogP contribution < -0.4 is 15.9 Å². The predicted molar refractivity (Wildman–Crippen MR) is 111 cm³/mol. The van der Waals surface area contributed by atoms with Crippen LogP contribution in [0, 0.1) is 0 Å². The number of carbonyl (C=O) groups excluding carboxylic acids is 1. The summed E-state index contributed by atoms with van der Waals surface area (Å²) >= 11 is 10.6. The Morgan fingerprint density at radius 2 is 2.11 bits per heavy atom. The number of rotatable bonds is 6. The smallest absolute Gasteiger partial charge is 0.234 e. The van der Waals surface area contributed by atoms with Gasteiger partial charge in [-0.05, 0) is 30.3 Å². The lowest BCUT2D eigenvalue weighted by atomic mass is 10.2. The third-order valence-electron chi connectivity index (χ3n) is 3.55. The van der Waals surface area contributed by atoms with Gasteiger partial charge in [0.2, 0.25) is 11.1 Å². The Labute approximate surface area is 173 Å². The van der Waals surface area contributed by atoms with Gasteiger partial charge in [-0.25, -0.2) is 4.68 Å². The molecule has 0 aliphatic heterocycles. The molecule has 3 aromatic rings. The van der Waals surface area contributed by atoms with E-state index in [4.69, 9.17) is 22.2 Å². The predicted octanol–water partition coefficient (Wildman–Crippen LogP) is 3.81. The molecule has 1 aromatic heterocycles. The van der Waals surface area contributed by atoms with Crippen LogP contribution in [-0.2, 0) is 4.79 Å². The number of aromatic nitrogens is 3. The third kappa shape index (κ3) is 4.55. The summed E-state index contributed by atoms with van der Waals surface area (Å²) in [6.07, 6.45) is 0. The van der Waals surface area contributed by atoms with Crippen molar-refractivity contribution < 1.29 is 9.53 Å². The highest BCUT2D eigenvalue weighted by Crippen LogP contribution is 2.29. The van der Waals surface area contributed by atoms with Crippen LogP contribution in [0.25, 0.3) is 11.4 Å². The molecule has 0 fully saturated rings. The number of thioether (sulfide) groups is 1. The van der Waals surface area contributed by atoms with Gasteiger partial charge in [-0.15, -0.1) is 10.2 Å². The summed E-state index contributed by atoms with van der Waals surface area (Å²) in [5.74, 6) is 6.97. The Bertz CT molecular complexity index is 982. The van der Waals surface area contributed by atoms with Crippen molar-refractivity contribution in [1.82, 2.24) is 14.9 Å². The van der Waals surface area contributed by atoms with Gasteiger partial charge in [0.15, 0.2) is 5.82 Å². The number of ether oxygens (including phenoxy) is 1. The number of hydrogen-bond donors (Lipinski definition) is 2. The molecule has 0 unspecified atom stereocenters. The molecular formula is C17H15BrClN5O2S. The van der Waals surface area contributed by atoms with Crippen LogP contribution in [0.5, 0.6) is 5.75 Å². The molecule has 3 N–H and O–H groups in total. The van der Waals surface area contributed by atoms with Gasteiger partial charge in [0.1, 0.15) is 5.75 Å². The van der Waals surface area contributed by atoms with Gasteiger partial charge in [-0.2, -0.15) is 0 Å². The first-order valence-electron chi connectivity index (χ1n) is 7.71. The zero-order chi connectivity index (χ0) is 19.4. The number of nitrogens with two attached hydrogens (primary N) is 1. The van der Waals surface area contributed by atoms with Crippen molar-refractivity contribution in [2.24, 2.45) is 0 Å². The Kier molecular flexibility index (Phi) is 6.25. The summed E-state index contributed by atoms with van der Waals surface area (Å²) in [4.78, 5) is 12.3. The average molecular weight is 469 g/mol. The topological polar surface area (TPSA) is 95.1 Å². The lowest BCUT2D eigenvalue weighted by Gasteiger charge is -2.10. The van der Waals surface area contributed by atoms with Crippen LogP contribution in [0.4, 0.5) is 5.69 Å². The highest BCUT2D eigenvalue weighted by atomic mass is 79.9. The normalized spacial score (nSPS) is 10.6. The number of carbonyl (C=O) groups is 1. The minimum Gasteiger partial charge on any atom is -0.495 e. The number of benzene rings is 2. The first kappa shape index (κ1) is 19.5. The second kappa shape index (κ2) is 8.64. The Morgan fingerprint density at radius 1 is 1.33 bits per heavy atom. The molecule has 2 aromatic carbocycles. The van der Waals surface area contributed by atoms with E-state index >= 15 is 0 Å². The zero-order valence-corrected chi connectivity index (χ0v) is 17.3. The number of nitrogens with one attached hydrogen (secondary N) is 1. The summed E-state index contributed by atoms with van der Waals surface area (Å²) in [5.41, 5.74) is 1.31. The molecule has 0 saturated carbocycles. The fraction of sp³-hybridized carbons (Fsp3) is 0.118. The number of amides is 1. The summed E-state index contributed by atoms with van der Waals surface area (Å²) in [6, 6.07) is 12.5. The number of anilines is 1. The summed E-state index contributed by atoms with van der Waals surface area (Å²) < 4.78 is 7.43. The van der Waals surface area contributed by atoms with Crippen molar-refractivity contribution in [1.29, 1.82) is 0 Å². The molecule has 0 aliphatic rings. The molecule has 0 atom stereocenters. The molecule has 1 amide bonds. The van der Waals surface area contributed by atoms with Crippen molar-refractivity contribution in [3.63, 3.8) is 0 Å². The zero-order valence-electron chi connectivity index (χ0n) is 14.1. The molecule has 0 saturated heterocycles. The van der Waals surface area contributed by atoms with Crippen molar-refractivity contribution in [2.75, 3.05) is 24.0 Å². The van der Waals surface area contributed by atoms with Crippen LogP contribution in [0.15, 0.2) is 52.1 Å². The van der Waals surface area contributed by atoms with Gasteiger partial charge in [0.05, 0.1) is 18.6 Å². The molecule has 0 spiro atoms. The quantitative estimate of drug-likeness (QED) is 0.422. The Balaban J connectivity index is 1.68. The van der Waals surface area contributed by atoms with Gasteiger partial charge < -0.3 is 15.9 Å². The molecule has 7 nitrogen and oxygen atoms in total. The second-order valence-electron chi connectivity index (χ2n) is 5.34. The van der Waals surface area contributed by atoms with Gasteiger partial charge in [-0.1, -0.05) is 51.4 Å².